The number of hydrogen-bond acceptors (Lipinski definition) is 5. The number of aromatic nitrogens is 1. The van der Waals surface area contributed by atoms with E-state index in [1.54, 1.807) is 11.3 Å². The highest BCUT2D eigenvalue weighted by Gasteiger charge is 2.21. The SMILES string of the molecule is CN1CCc2nc(NC(=O)c3sc4ccccc4c3Cl)sc2C1.Cl. The summed E-state index contributed by atoms with van der Waals surface area (Å²) in [5.74, 6) is -0.185. The van der Waals surface area contributed by atoms with Gasteiger partial charge in [0, 0.05) is 34.5 Å². The van der Waals surface area contributed by atoms with E-state index in [9.17, 15) is 4.79 Å². The van der Waals surface area contributed by atoms with Crippen molar-refractivity contribution in [3.8, 4) is 0 Å². The van der Waals surface area contributed by atoms with Gasteiger partial charge in [0.1, 0.15) is 4.88 Å². The standard InChI is InChI=1S/C16H14ClN3OS2.ClH/c1-20-7-6-10-12(8-20)23-16(18-10)19-15(21)14-13(17)9-4-2-3-5-11(9)22-14;/h2-5H,6-8H2,1H3,(H,18,19,21);1H. The number of carbonyl (C=O) groups excluding carboxylic acids is 1. The third-order valence-corrected chi connectivity index (χ3v) is 6.56. The Morgan fingerprint density at radius 1 is 1.33 bits per heavy atom. The van der Waals surface area contributed by atoms with Crippen LogP contribution in [0.3, 0.4) is 0 Å². The van der Waals surface area contributed by atoms with Crippen LogP contribution in [0.25, 0.3) is 10.1 Å². The monoisotopic (exact) mass is 399 g/mol. The summed E-state index contributed by atoms with van der Waals surface area (Å²) in [4.78, 5) is 21.1. The molecule has 8 heteroatoms. The molecular formula is C16H15Cl2N3OS2. The lowest BCUT2D eigenvalue weighted by Crippen LogP contribution is -2.25. The van der Waals surface area contributed by atoms with Crippen LogP contribution in [0, 0.1) is 0 Å². The third-order valence-electron chi connectivity index (χ3n) is 3.88. The quantitative estimate of drug-likeness (QED) is 0.680. The van der Waals surface area contributed by atoms with Crippen molar-refractivity contribution < 1.29 is 4.79 Å². The summed E-state index contributed by atoms with van der Waals surface area (Å²) in [6.07, 6.45) is 0.932. The van der Waals surface area contributed by atoms with E-state index in [0.29, 0.717) is 15.0 Å². The summed E-state index contributed by atoms with van der Waals surface area (Å²) in [7, 11) is 2.10. The van der Waals surface area contributed by atoms with Crippen molar-refractivity contribution in [2.45, 2.75) is 13.0 Å². The van der Waals surface area contributed by atoms with Crippen LogP contribution in [-0.4, -0.2) is 29.4 Å². The normalized spacial score (nSPS) is 14.2. The summed E-state index contributed by atoms with van der Waals surface area (Å²) >= 11 is 9.33. The number of halogens is 2. The molecule has 0 radical (unpaired) electrons. The fourth-order valence-corrected chi connectivity index (χ4v) is 5.19. The first kappa shape index (κ1) is 17.6. The molecule has 0 atom stereocenters. The Bertz CT molecular complexity index is 906. The lowest BCUT2D eigenvalue weighted by molar-refractivity contribution is 0.103. The number of thiophene rings is 1. The second-order valence-electron chi connectivity index (χ2n) is 5.57. The van der Waals surface area contributed by atoms with Gasteiger partial charge in [0.25, 0.3) is 5.91 Å². The minimum Gasteiger partial charge on any atom is -0.301 e. The maximum absolute atomic E-state index is 12.6. The smallest absolute Gasteiger partial charge is 0.269 e. The average molecular weight is 400 g/mol. The molecule has 1 aliphatic heterocycles. The van der Waals surface area contributed by atoms with Gasteiger partial charge in [0.15, 0.2) is 5.13 Å². The van der Waals surface area contributed by atoms with Crippen LogP contribution < -0.4 is 5.32 Å². The minimum atomic E-state index is -0.185. The fourth-order valence-electron chi connectivity index (χ4n) is 2.69. The van der Waals surface area contributed by atoms with Crippen molar-refractivity contribution in [2.24, 2.45) is 0 Å². The zero-order chi connectivity index (χ0) is 16.0. The lowest BCUT2D eigenvalue weighted by atomic mass is 10.2. The van der Waals surface area contributed by atoms with Crippen molar-refractivity contribution in [2.75, 3.05) is 18.9 Å². The van der Waals surface area contributed by atoms with Crippen LogP contribution in [-0.2, 0) is 13.0 Å². The Kier molecular flexibility index (Phi) is 5.13. The van der Waals surface area contributed by atoms with E-state index in [2.05, 4.69) is 22.2 Å². The van der Waals surface area contributed by atoms with E-state index >= 15 is 0 Å². The topological polar surface area (TPSA) is 45.2 Å². The molecule has 0 aliphatic carbocycles. The van der Waals surface area contributed by atoms with Crippen molar-refractivity contribution in [1.29, 1.82) is 0 Å². The highest BCUT2D eigenvalue weighted by atomic mass is 35.5. The van der Waals surface area contributed by atoms with Gasteiger partial charge in [-0.1, -0.05) is 29.8 Å². The molecule has 0 bridgehead atoms. The van der Waals surface area contributed by atoms with E-state index in [1.165, 1.54) is 16.2 Å². The van der Waals surface area contributed by atoms with Gasteiger partial charge >= 0.3 is 0 Å². The maximum Gasteiger partial charge on any atom is 0.269 e. The van der Waals surface area contributed by atoms with Crippen LogP contribution in [0.1, 0.15) is 20.2 Å². The van der Waals surface area contributed by atoms with Gasteiger partial charge in [-0.05, 0) is 13.1 Å². The molecule has 1 aliphatic rings. The Morgan fingerprint density at radius 2 is 2.12 bits per heavy atom. The van der Waals surface area contributed by atoms with Crippen molar-refractivity contribution in [3.05, 3.63) is 44.7 Å². The fraction of sp³-hybridized carbons (Fsp3) is 0.250. The Hall–Kier alpha value is -1.18. The number of nitrogens with zero attached hydrogens (tertiary/aromatic N) is 2. The predicted octanol–water partition coefficient (Wildman–Crippen LogP) is 4.67. The number of amides is 1. The molecule has 3 heterocycles. The lowest BCUT2D eigenvalue weighted by Gasteiger charge is -2.20. The van der Waals surface area contributed by atoms with E-state index in [-0.39, 0.29) is 18.3 Å². The first-order valence-electron chi connectivity index (χ1n) is 7.27. The van der Waals surface area contributed by atoms with Crippen molar-refractivity contribution in [1.82, 2.24) is 9.88 Å². The van der Waals surface area contributed by atoms with Crippen LogP contribution in [0.15, 0.2) is 24.3 Å². The number of benzene rings is 1. The Morgan fingerprint density at radius 3 is 2.92 bits per heavy atom. The van der Waals surface area contributed by atoms with E-state index in [4.69, 9.17) is 11.6 Å². The largest absolute Gasteiger partial charge is 0.301 e. The first-order valence-corrected chi connectivity index (χ1v) is 9.28. The molecule has 1 amide bonds. The highest BCUT2D eigenvalue weighted by Crippen LogP contribution is 2.36. The molecule has 3 aromatic rings. The molecule has 4 rings (SSSR count). The van der Waals surface area contributed by atoms with E-state index in [1.807, 2.05) is 24.3 Å². The van der Waals surface area contributed by atoms with E-state index < -0.39 is 0 Å². The molecule has 24 heavy (non-hydrogen) atoms. The maximum atomic E-state index is 12.6. The number of anilines is 1. The summed E-state index contributed by atoms with van der Waals surface area (Å²) in [6, 6.07) is 7.78. The summed E-state index contributed by atoms with van der Waals surface area (Å²) in [6.45, 7) is 1.90. The molecule has 4 nitrogen and oxygen atoms in total. The molecule has 0 fully saturated rings. The van der Waals surface area contributed by atoms with Gasteiger partial charge < -0.3 is 4.90 Å². The predicted molar refractivity (Wildman–Crippen MR) is 104 cm³/mol. The molecule has 0 unspecified atom stereocenters. The molecule has 1 N–H and O–H groups in total. The molecule has 2 aromatic heterocycles. The molecule has 0 saturated heterocycles. The highest BCUT2D eigenvalue weighted by molar-refractivity contribution is 7.22. The van der Waals surface area contributed by atoms with Gasteiger partial charge in [0.05, 0.1) is 10.7 Å². The Labute approximate surface area is 158 Å². The van der Waals surface area contributed by atoms with Crippen LogP contribution >= 0.6 is 46.7 Å². The molecule has 126 valence electrons. The van der Waals surface area contributed by atoms with Gasteiger partial charge in [-0.3, -0.25) is 10.1 Å². The second-order valence-corrected chi connectivity index (χ2v) is 8.09. The average Bonchev–Trinajstić information content (AvgIpc) is 3.08. The second kappa shape index (κ2) is 6.98. The number of fused-ring (bicyclic) bond motifs is 2. The summed E-state index contributed by atoms with van der Waals surface area (Å²) in [5.41, 5.74) is 1.10. The Balaban J connectivity index is 0.00000169. The van der Waals surface area contributed by atoms with Gasteiger partial charge in [-0.15, -0.1) is 35.1 Å². The molecule has 0 saturated carbocycles. The van der Waals surface area contributed by atoms with Gasteiger partial charge in [0.2, 0.25) is 0 Å². The van der Waals surface area contributed by atoms with Gasteiger partial charge in [-0.25, -0.2) is 4.98 Å². The number of likely N-dealkylation sites (N-methyl/N-ethyl adjacent to an activating group) is 1. The summed E-state index contributed by atoms with van der Waals surface area (Å²) in [5, 5.41) is 5.00. The van der Waals surface area contributed by atoms with Crippen molar-refractivity contribution in [3.63, 3.8) is 0 Å². The number of rotatable bonds is 2. The third kappa shape index (κ3) is 3.17. The molecular weight excluding hydrogens is 385 g/mol. The number of hydrogen-bond donors (Lipinski definition) is 1. The first-order chi connectivity index (χ1) is 11.1. The van der Waals surface area contributed by atoms with Gasteiger partial charge in [-0.2, -0.15) is 0 Å². The van der Waals surface area contributed by atoms with Crippen LogP contribution in [0.5, 0.6) is 0 Å². The van der Waals surface area contributed by atoms with E-state index in [0.717, 1.165) is 35.3 Å². The molecule has 0 spiro atoms. The van der Waals surface area contributed by atoms with Crippen LogP contribution in [0.4, 0.5) is 5.13 Å². The number of thiazole rings is 1. The summed E-state index contributed by atoms with van der Waals surface area (Å²) < 4.78 is 1.02. The minimum absolute atomic E-state index is 0. The number of carbonyl (C=O) groups is 1. The zero-order valence-corrected chi connectivity index (χ0v) is 16.0. The number of nitrogens with one attached hydrogen (secondary N) is 1. The van der Waals surface area contributed by atoms with Crippen LogP contribution in [0.2, 0.25) is 5.02 Å². The molecule has 1 aromatic carbocycles. The van der Waals surface area contributed by atoms with Crippen molar-refractivity contribution >= 4 is 67.8 Å². The zero-order valence-electron chi connectivity index (χ0n) is 12.8.